The number of aliphatic imine (C=N–C) groups is 1. The molecule has 1 aliphatic carbocycles. The number of fused-ring (bicyclic) bond motifs is 1. The lowest BCUT2D eigenvalue weighted by atomic mass is 9.82. The molecule has 3 aliphatic rings. The summed E-state index contributed by atoms with van der Waals surface area (Å²) in [7, 11) is 0. The number of allylic oxidation sites excluding steroid dienone is 1. The minimum atomic E-state index is -2.95. The Hall–Kier alpha value is -4.58. The summed E-state index contributed by atoms with van der Waals surface area (Å²) in [4.78, 5) is 18.1. The highest BCUT2D eigenvalue weighted by molar-refractivity contribution is 8.16. The third kappa shape index (κ3) is 6.00. The lowest BCUT2D eigenvalue weighted by Gasteiger charge is -2.40. The van der Waals surface area contributed by atoms with Gasteiger partial charge in [-0.3, -0.25) is 10.1 Å². The molecule has 0 bridgehead atoms. The second kappa shape index (κ2) is 12.0. The number of nitro benzene ring substituents is 1. The minimum Gasteiger partial charge on any atom is -0.435 e. The van der Waals surface area contributed by atoms with Crippen molar-refractivity contribution in [1.29, 1.82) is 0 Å². The zero-order chi connectivity index (χ0) is 30.1. The van der Waals surface area contributed by atoms with Crippen LogP contribution in [-0.2, 0) is 0 Å². The first-order valence-electron chi connectivity index (χ1n) is 13.3. The smallest absolute Gasteiger partial charge is 0.387 e. The number of ether oxygens (including phenoxy) is 2. The Morgan fingerprint density at radius 2 is 1.63 bits per heavy atom. The Morgan fingerprint density at radius 1 is 0.953 bits per heavy atom. The number of nitrogens with zero attached hydrogens (tertiary/aromatic N) is 3. The number of hydrogen-bond acceptors (Lipinski definition) is 7. The molecule has 3 aromatic rings. The normalized spacial score (nSPS) is 18.9. The standard InChI is InChI=1S/C31H23F4N3O4S/c32-29(33)41-23-11-7-18(8-12-23)15-21-4-2-6-25-27(21)36-31-37(28(25)19-9-13-24(14-10-19)42-30(34)35)26(17-43-31)20-3-1-5-22(16-20)38(39)40/h1,3,5,7-17,28-30H,2,4,6H2/b21-15+/t28-/m1/s1. The van der Waals surface area contributed by atoms with E-state index in [2.05, 4.69) is 9.47 Å². The molecule has 7 nitrogen and oxygen atoms in total. The first kappa shape index (κ1) is 28.5. The molecule has 0 radical (unpaired) electrons. The Kier molecular flexibility index (Phi) is 7.94. The first-order chi connectivity index (χ1) is 20.8. The highest BCUT2D eigenvalue weighted by Crippen LogP contribution is 2.51. The molecule has 0 saturated heterocycles. The van der Waals surface area contributed by atoms with Crippen LogP contribution in [0.3, 0.4) is 0 Å². The van der Waals surface area contributed by atoms with Gasteiger partial charge in [-0.1, -0.05) is 48.2 Å². The van der Waals surface area contributed by atoms with Crippen molar-refractivity contribution in [2.45, 2.75) is 38.5 Å². The van der Waals surface area contributed by atoms with E-state index in [1.54, 1.807) is 36.4 Å². The van der Waals surface area contributed by atoms with Crippen LogP contribution in [0.15, 0.2) is 100 Å². The number of benzene rings is 3. The molecule has 0 saturated carbocycles. The topological polar surface area (TPSA) is 77.2 Å². The second-order valence-corrected chi connectivity index (χ2v) is 10.7. The van der Waals surface area contributed by atoms with Gasteiger partial charge in [0, 0.05) is 23.1 Å². The van der Waals surface area contributed by atoms with Gasteiger partial charge < -0.3 is 14.4 Å². The molecule has 0 aromatic heterocycles. The molecule has 2 aliphatic heterocycles. The molecule has 1 atom stereocenters. The summed E-state index contributed by atoms with van der Waals surface area (Å²) in [5.41, 5.74) is 5.76. The largest absolute Gasteiger partial charge is 0.435 e. The predicted molar refractivity (Wildman–Crippen MR) is 156 cm³/mol. The molecular formula is C31H23F4N3O4S. The number of rotatable bonds is 8. The molecule has 0 unspecified atom stereocenters. The highest BCUT2D eigenvalue weighted by Gasteiger charge is 2.40. The van der Waals surface area contributed by atoms with Gasteiger partial charge in [-0.25, -0.2) is 4.99 Å². The number of thioether (sulfide) groups is 1. The van der Waals surface area contributed by atoms with Crippen molar-refractivity contribution in [3.8, 4) is 11.5 Å². The number of hydrogen-bond donors (Lipinski definition) is 0. The second-order valence-electron chi connectivity index (χ2n) is 9.89. The van der Waals surface area contributed by atoms with E-state index in [4.69, 9.17) is 4.99 Å². The lowest BCUT2D eigenvalue weighted by molar-refractivity contribution is -0.384. The van der Waals surface area contributed by atoms with Crippen LogP contribution in [0.2, 0.25) is 0 Å². The fourth-order valence-electron chi connectivity index (χ4n) is 5.48. The molecule has 0 N–H and O–H groups in total. The lowest BCUT2D eigenvalue weighted by Crippen LogP contribution is -2.34. The first-order valence-corrected chi connectivity index (χ1v) is 14.2. The fraction of sp³-hybridized carbons (Fsp3) is 0.194. The molecule has 3 aromatic carbocycles. The molecule has 0 fully saturated rings. The number of amidine groups is 1. The number of non-ortho nitro benzene ring substituents is 1. The van der Waals surface area contributed by atoms with Crippen molar-refractivity contribution in [2.24, 2.45) is 4.99 Å². The van der Waals surface area contributed by atoms with Crippen LogP contribution in [0.1, 0.15) is 42.0 Å². The maximum atomic E-state index is 12.8. The zero-order valence-corrected chi connectivity index (χ0v) is 23.1. The van der Waals surface area contributed by atoms with Crippen molar-refractivity contribution in [3.05, 3.63) is 122 Å². The van der Waals surface area contributed by atoms with E-state index < -0.39 is 18.1 Å². The zero-order valence-electron chi connectivity index (χ0n) is 22.3. The van der Waals surface area contributed by atoms with E-state index in [-0.39, 0.29) is 23.2 Å². The molecule has 0 amide bonds. The summed E-state index contributed by atoms with van der Waals surface area (Å²) in [5.74, 6) is 0.0992. The van der Waals surface area contributed by atoms with E-state index in [1.807, 2.05) is 16.4 Å². The molecule has 43 heavy (non-hydrogen) atoms. The third-order valence-electron chi connectivity index (χ3n) is 7.26. The molecule has 2 heterocycles. The van der Waals surface area contributed by atoms with Crippen LogP contribution >= 0.6 is 11.8 Å². The number of alkyl halides is 4. The maximum absolute atomic E-state index is 12.8. The SMILES string of the molecule is O=[N+]([O-])c1cccc(C2=CSC3=NC4=C(CCC/C4=C\c4ccc(OC(F)F)cc4)[C@@H](c4ccc(OC(F)F)cc4)N23)c1. The quantitative estimate of drug-likeness (QED) is 0.144. The van der Waals surface area contributed by atoms with Crippen molar-refractivity contribution in [2.75, 3.05) is 0 Å². The van der Waals surface area contributed by atoms with Crippen LogP contribution in [0.5, 0.6) is 11.5 Å². The summed E-state index contributed by atoms with van der Waals surface area (Å²) < 4.78 is 59.9. The fourth-order valence-corrected chi connectivity index (χ4v) is 6.41. The molecule has 6 rings (SSSR count). The molecular weight excluding hydrogens is 586 g/mol. The highest BCUT2D eigenvalue weighted by atomic mass is 32.2. The Labute approximate surface area is 248 Å². The van der Waals surface area contributed by atoms with Gasteiger partial charge in [0.1, 0.15) is 11.5 Å². The van der Waals surface area contributed by atoms with Gasteiger partial charge in [-0.05, 0) is 71.9 Å². The van der Waals surface area contributed by atoms with Gasteiger partial charge in [0.25, 0.3) is 5.69 Å². The van der Waals surface area contributed by atoms with Crippen LogP contribution in [0.25, 0.3) is 11.8 Å². The van der Waals surface area contributed by atoms with Crippen molar-refractivity contribution >= 4 is 34.4 Å². The van der Waals surface area contributed by atoms with E-state index >= 15 is 0 Å². The summed E-state index contributed by atoms with van der Waals surface area (Å²) in [6.45, 7) is -5.86. The Balaban J connectivity index is 1.42. The van der Waals surface area contributed by atoms with Gasteiger partial charge in [0.15, 0.2) is 5.17 Å². The van der Waals surface area contributed by atoms with Gasteiger partial charge in [0.2, 0.25) is 0 Å². The summed E-state index contributed by atoms with van der Waals surface area (Å²) in [5, 5.41) is 14.1. The predicted octanol–water partition coefficient (Wildman–Crippen LogP) is 8.78. The Bertz CT molecular complexity index is 1670. The van der Waals surface area contributed by atoms with Crippen LogP contribution in [-0.4, -0.2) is 28.2 Å². The monoisotopic (exact) mass is 609 g/mol. The van der Waals surface area contributed by atoms with Crippen molar-refractivity contribution in [3.63, 3.8) is 0 Å². The third-order valence-corrected chi connectivity index (χ3v) is 8.10. The van der Waals surface area contributed by atoms with Crippen molar-refractivity contribution in [1.82, 2.24) is 4.90 Å². The summed E-state index contributed by atoms with van der Waals surface area (Å²) >= 11 is 1.40. The van der Waals surface area contributed by atoms with Crippen LogP contribution in [0, 0.1) is 10.1 Å². The van der Waals surface area contributed by atoms with Gasteiger partial charge in [0.05, 0.1) is 22.4 Å². The molecule has 220 valence electrons. The van der Waals surface area contributed by atoms with Gasteiger partial charge in [-0.2, -0.15) is 17.6 Å². The van der Waals surface area contributed by atoms with E-state index in [1.165, 1.54) is 48.2 Å². The summed E-state index contributed by atoms with van der Waals surface area (Å²) in [6, 6.07) is 18.9. The minimum absolute atomic E-state index is 0.0337. The van der Waals surface area contributed by atoms with Gasteiger partial charge >= 0.3 is 13.2 Å². The van der Waals surface area contributed by atoms with Crippen molar-refractivity contribution < 1.29 is 32.0 Å². The molecule has 12 heteroatoms. The van der Waals surface area contributed by atoms with E-state index in [0.717, 1.165) is 46.5 Å². The Morgan fingerprint density at radius 3 is 2.28 bits per heavy atom. The average Bonchev–Trinajstić information content (AvgIpc) is 3.41. The maximum Gasteiger partial charge on any atom is 0.387 e. The van der Waals surface area contributed by atoms with Crippen LogP contribution < -0.4 is 9.47 Å². The van der Waals surface area contributed by atoms with E-state index in [0.29, 0.717) is 17.2 Å². The van der Waals surface area contributed by atoms with Crippen LogP contribution in [0.4, 0.5) is 23.2 Å². The molecule has 0 spiro atoms. The summed E-state index contributed by atoms with van der Waals surface area (Å²) in [6.07, 6.45) is 4.26. The van der Waals surface area contributed by atoms with E-state index in [9.17, 15) is 27.7 Å². The number of halogens is 4. The number of nitro groups is 1. The van der Waals surface area contributed by atoms with Gasteiger partial charge in [-0.15, -0.1) is 0 Å². The average molecular weight is 610 g/mol.